The van der Waals surface area contributed by atoms with E-state index in [1.54, 1.807) is 19.9 Å². The highest BCUT2D eigenvalue weighted by Crippen LogP contribution is 2.44. The van der Waals surface area contributed by atoms with E-state index in [0.717, 1.165) is 10.6 Å². The molecule has 1 unspecified atom stereocenters. The van der Waals surface area contributed by atoms with Crippen molar-refractivity contribution in [2.45, 2.75) is 50.6 Å². The van der Waals surface area contributed by atoms with Gasteiger partial charge in [-0.15, -0.1) is 0 Å². The largest absolute Gasteiger partial charge is 0.494 e. The Morgan fingerprint density at radius 1 is 1.33 bits per heavy atom. The third kappa shape index (κ3) is 5.26. The third-order valence-electron chi connectivity index (χ3n) is 4.47. The van der Waals surface area contributed by atoms with Gasteiger partial charge in [-0.1, -0.05) is 0 Å². The molecule has 1 aromatic rings. The number of fused-ring (bicyclic) bond motifs is 1. The summed E-state index contributed by atoms with van der Waals surface area (Å²) in [4.78, 5) is 0. The summed E-state index contributed by atoms with van der Waals surface area (Å²) in [5.41, 5.74) is -0.644. The molecule has 1 aromatic carbocycles. The van der Waals surface area contributed by atoms with Gasteiger partial charge in [0.1, 0.15) is 23.2 Å². The zero-order valence-electron chi connectivity index (χ0n) is 15.6. The van der Waals surface area contributed by atoms with E-state index in [0.29, 0.717) is 11.3 Å². The van der Waals surface area contributed by atoms with Crippen LogP contribution in [-0.2, 0) is 10.0 Å². The number of sulfonamides is 1. The monoisotopic (exact) mass is 411 g/mol. The molecular weight excluding hydrogens is 387 g/mol. The summed E-state index contributed by atoms with van der Waals surface area (Å²) < 4.78 is 72.9. The van der Waals surface area contributed by atoms with Gasteiger partial charge < -0.3 is 14.6 Å². The Balaban J connectivity index is 2.29. The van der Waals surface area contributed by atoms with Crippen molar-refractivity contribution in [3.05, 3.63) is 23.8 Å². The number of aliphatic hydroxyl groups excluding tert-OH is 1. The molecule has 1 heterocycles. The fourth-order valence-electron chi connectivity index (χ4n) is 2.90. The van der Waals surface area contributed by atoms with Crippen LogP contribution in [0.25, 0.3) is 0 Å². The molecule has 2 atom stereocenters. The maximum absolute atomic E-state index is 12.2. The Kier molecular flexibility index (Phi) is 6.03. The Bertz CT molecular complexity index is 779. The van der Waals surface area contributed by atoms with Crippen molar-refractivity contribution in [1.82, 2.24) is 4.31 Å². The lowest BCUT2D eigenvalue weighted by Gasteiger charge is -2.44. The van der Waals surface area contributed by atoms with Gasteiger partial charge in [0.25, 0.3) is 0 Å². The molecule has 2 rings (SSSR count). The standard InChI is InChI=1S/C17H24F3NO5S/c1-16(2)15(22)14(21(3)27(4,23)24)12-10-11(6-7-13(12)26-16)25-9-5-8-17(18,19)20/h6-7,10,14-15,22H,5,8-9H2,1-4H3/t14-,15?/m0/s1. The summed E-state index contributed by atoms with van der Waals surface area (Å²) in [5, 5.41) is 10.7. The number of benzene rings is 1. The SMILES string of the molecule is CN([C@H]1c2cc(OCCCC(F)(F)F)ccc2OC(C)(C)C1O)S(C)(=O)=O. The molecule has 0 radical (unpaired) electrons. The van der Waals surface area contributed by atoms with Gasteiger partial charge in [-0.2, -0.15) is 17.5 Å². The van der Waals surface area contributed by atoms with Crippen molar-refractivity contribution in [3.8, 4) is 11.5 Å². The minimum atomic E-state index is -4.24. The quantitative estimate of drug-likeness (QED) is 0.729. The van der Waals surface area contributed by atoms with Crippen LogP contribution in [0.5, 0.6) is 11.5 Å². The molecule has 0 aliphatic carbocycles. The molecule has 1 aliphatic rings. The average Bonchev–Trinajstić information content (AvgIpc) is 2.50. The molecule has 154 valence electrons. The second-order valence-corrected chi connectivity index (χ2v) is 9.18. The lowest BCUT2D eigenvalue weighted by atomic mass is 9.86. The molecule has 0 amide bonds. The fourth-order valence-corrected chi connectivity index (χ4v) is 3.54. The highest BCUT2D eigenvalue weighted by molar-refractivity contribution is 7.88. The molecule has 0 bridgehead atoms. The third-order valence-corrected chi connectivity index (χ3v) is 5.75. The van der Waals surface area contributed by atoms with Gasteiger partial charge in [-0.25, -0.2) is 8.42 Å². The zero-order valence-corrected chi connectivity index (χ0v) is 16.4. The number of ether oxygens (including phenoxy) is 2. The number of hydrogen-bond donors (Lipinski definition) is 1. The first-order chi connectivity index (χ1) is 12.2. The second-order valence-electron chi connectivity index (χ2n) is 7.14. The van der Waals surface area contributed by atoms with Crippen molar-refractivity contribution in [1.29, 1.82) is 0 Å². The van der Waals surface area contributed by atoms with E-state index in [4.69, 9.17) is 9.47 Å². The van der Waals surface area contributed by atoms with Gasteiger partial charge in [-0.3, -0.25) is 0 Å². The summed E-state index contributed by atoms with van der Waals surface area (Å²) in [6.07, 6.45) is -5.52. The lowest BCUT2D eigenvalue weighted by Crippen LogP contribution is -2.53. The van der Waals surface area contributed by atoms with E-state index < -0.39 is 40.4 Å². The van der Waals surface area contributed by atoms with Crippen LogP contribution < -0.4 is 9.47 Å². The molecule has 0 spiro atoms. The van der Waals surface area contributed by atoms with Crippen LogP contribution in [0, 0.1) is 0 Å². The maximum Gasteiger partial charge on any atom is 0.389 e. The predicted molar refractivity (Wildman–Crippen MR) is 93.3 cm³/mol. The minimum Gasteiger partial charge on any atom is -0.494 e. The first-order valence-corrected chi connectivity index (χ1v) is 10.2. The molecule has 10 heteroatoms. The van der Waals surface area contributed by atoms with Crippen LogP contribution >= 0.6 is 0 Å². The van der Waals surface area contributed by atoms with Crippen molar-refractivity contribution in [2.75, 3.05) is 19.9 Å². The lowest BCUT2D eigenvalue weighted by molar-refractivity contribution is -0.136. The predicted octanol–water partition coefficient (Wildman–Crippen LogP) is 2.87. The number of alkyl halides is 3. The van der Waals surface area contributed by atoms with Crippen molar-refractivity contribution in [2.24, 2.45) is 0 Å². The molecule has 1 aliphatic heterocycles. The molecule has 0 aromatic heterocycles. The summed E-state index contributed by atoms with van der Waals surface area (Å²) in [6.45, 7) is 3.15. The van der Waals surface area contributed by atoms with Crippen LogP contribution in [0.3, 0.4) is 0 Å². The molecule has 0 saturated carbocycles. The van der Waals surface area contributed by atoms with Gasteiger partial charge in [0.2, 0.25) is 10.0 Å². The Morgan fingerprint density at radius 3 is 2.52 bits per heavy atom. The average molecular weight is 411 g/mol. The van der Waals surface area contributed by atoms with E-state index in [2.05, 4.69) is 0 Å². The zero-order chi connectivity index (χ0) is 20.6. The highest BCUT2D eigenvalue weighted by Gasteiger charge is 2.46. The Labute approximate surface area is 156 Å². The molecule has 27 heavy (non-hydrogen) atoms. The summed E-state index contributed by atoms with van der Waals surface area (Å²) in [7, 11) is -2.27. The van der Waals surface area contributed by atoms with E-state index in [1.165, 1.54) is 19.2 Å². The van der Waals surface area contributed by atoms with Gasteiger partial charge in [0.05, 0.1) is 18.9 Å². The summed E-state index contributed by atoms with van der Waals surface area (Å²) in [6, 6.07) is 3.67. The minimum absolute atomic E-state index is 0.139. The Hall–Kier alpha value is -1.52. The number of halogens is 3. The van der Waals surface area contributed by atoms with Crippen LogP contribution in [-0.4, -0.2) is 55.6 Å². The van der Waals surface area contributed by atoms with Crippen molar-refractivity contribution in [3.63, 3.8) is 0 Å². The molecule has 1 N–H and O–H groups in total. The van der Waals surface area contributed by atoms with Gasteiger partial charge in [0, 0.05) is 19.0 Å². The molecule has 0 saturated heterocycles. The smallest absolute Gasteiger partial charge is 0.389 e. The topological polar surface area (TPSA) is 76.1 Å². The number of nitrogens with zero attached hydrogens (tertiary/aromatic N) is 1. The van der Waals surface area contributed by atoms with Gasteiger partial charge >= 0.3 is 6.18 Å². The van der Waals surface area contributed by atoms with E-state index in [1.807, 2.05) is 0 Å². The van der Waals surface area contributed by atoms with E-state index in [9.17, 15) is 26.7 Å². The highest BCUT2D eigenvalue weighted by atomic mass is 32.2. The summed E-state index contributed by atoms with van der Waals surface area (Å²) in [5.74, 6) is 0.659. The molecule has 6 nitrogen and oxygen atoms in total. The Morgan fingerprint density at radius 2 is 1.96 bits per heavy atom. The number of likely N-dealkylation sites (N-methyl/N-ethyl adjacent to an activating group) is 1. The summed E-state index contributed by atoms with van der Waals surface area (Å²) >= 11 is 0. The molecular formula is C17H24F3NO5S. The van der Waals surface area contributed by atoms with Crippen LogP contribution in [0.4, 0.5) is 13.2 Å². The maximum atomic E-state index is 12.2. The van der Waals surface area contributed by atoms with Crippen molar-refractivity contribution >= 4 is 10.0 Å². The van der Waals surface area contributed by atoms with Crippen molar-refractivity contribution < 1.29 is 36.2 Å². The number of aliphatic hydroxyl groups is 1. The van der Waals surface area contributed by atoms with Gasteiger partial charge in [-0.05, 0) is 38.5 Å². The normalized spacial score (nSPS) is 22.3. The molecule has 0 fully saturated rings. The van der Waals surface area contributed by atoms with Crippen LogP contribution in [0.2, 0.25) is 0 Å². The van der Waals surface area contributed by atoms with E-state index in [-0.39, 0.29) is 18.8 Å². The first-order valence-electron chi connectivity index (χ1n) is 8.36. The van der Waals surface area contributed by atoms with Crippen LogP contribution in [0.1, 0.15) is 38.3 Å². The van der Waals surface area contributed by atoms with E-state index >= 15 is 0 Å². The van der Waals surface area contributed by atoms with Crippen LogP contribution in [0.15, 0.2) is 18.2 Å². The fraction of sp³-hybridized carbons (Fsp3) is 0.647. The van der Waals surface area contributed by atoms with Gasteiger partial charge in [0.15, 0.2) is 0 Å². The number of hydrogen-bond acceptors (Lipinski definition) is 5. The second kappa shape index (κ2) is 7.48. The first kappa shape index (κ1) is 21.8. The number of rotatable bonds is 6.